The summed E-state index contributed by atoms with van der Waals surface area (Å²) in [5.74, 6) is 2.53. The van der Waals surface area contributed by atoms with Crippen LogP contribution in [0.3, 0.4) is 0 Å². The van der Waals surface area contributed by atoms with Crippen LogP contribution in [0.1, 0.15) is 113 Å². The average Bonchev–Trinajstić information content (AvgIpc) is 3.00. The van der Waals surface area contributed by atoms with E-state index in [1.165, 1.54) is 22.3 Å². The molecular formula is C44H58Br6O3Si3. The van der Waals surface area contributed by atoms with Crippen LogP contribution >= 0.6 is 95.6 Å². The summed E-state index contributed by atoms with van der Waals surface area (Å²) in [6, 6.07) is 15.4. The molecule has 3 aromatic carbocycles. The first-order valence-corrected chi connectivity index (χ1v) is 32.5. The van der Waals surface area contributed by atoms with Gasteiger partial charge in [-0.1, -0.05) is 80.5 Å². The summed E-state index contributed by atoms with van der Waals surface area (Å²) in [6.07, 6.45) is 7.15. The highest BCUT2D eigenvalue weighted by molar-refractivity contribution is 9.29. The minimum absolute atomic E-state index is 0.00950. The van der Waals surface area contributed by atoms with Crippen molar-refractivity contribution >= 4 is 139 Å². The Morgan fingerprint density at radius 3 is 1.21 bits per heavy atom. The van der Waals surface area contributed by atoms with E-state index in [9.17, 15) is 0 Å². The molecule has 0 amide bonds. The number of hydrogen-bond acceptors (Lipinski definition) is 3. The van der Waals surface area contributed by atoms with Gasteiger partial charge in [0.1, 0.15) is 17.2 Å². The van der Waals surface area contributed by atoms with Gasteiger partial charge in [0.05, 0.1) is 10.2 Å². The lowest BCUT2D eigenvalue weighted by atomic mass is 9.70. The Balaban J connectivity index is 2.30. The molecule has 3 aromatic rings. The predicted octanol–water partition coefficient (Wildman–Crippen LogP) is 18.2. The van der Waals surface area contributed by atoms with Gasteiger partial charge in [-0.3, -0.25) is 0 Å². The molecule has 1 aliphatic carbocycles. The average molecular weight is 1200 g/mol. The topological polar surface area (TPSA) is 27.7 Å². The number of rotatable bonds is 10. The van der Waals surface area contributed by atoms with Gasteiger partial charge in [-0.2, -0.15) is 0 Å². The standard InChI is InChI=1S/C44H58Br6O3Si3/c1-42(2,3)54(10,11)51-30-19-16-27(22-36(45)46)31(25-30)41-39-28(23-37(47)48)17-20-34(52-55(12,13)43(4,5)6)32(39)26-33-35(53-56(14,15)44(7,8)9)21-18-29(40(33)41)24-38(49)50/h16-25,41H,26H2,1-15H3. The molecule has 0 fully saturated rings. The third-order valence-corrected chi connectivity index (χ3v) is 26.7. The van der Waals surface area contributed by atoms with E-state index >= 15 is 0 Å². The van der Waals surface area contributed by atoms with Gasteiger partial charge in [0, 0.05) is 23.5 Å². The van der Waals surface area contributed by atoms with E-state index in [1.54, 1.807) is 0 Å². The normalized spacial score (nSPS) is 14.0. The predicted molar refractivity (Wildman–Crippen MR) is 274 cm³/mol. The summed E-state index contributed by atoms with van der Waals surface area (Å²) in [5.41, 5.74) is 9.21. The maximum Gasteiger partial charge on any atom is 0.250 e. The summed E-state index contributed by atoms with van der Waals surface area (Å²) >= 11 is 22.4. The van der Waals surface area contributed by atoms with E-state index in [1.807, 2.05) is 0 Å². The Hall–Kier alpha value is -0.189. The maximum absolute atomic E-state index is 7.33. The number of benzene rings is 3. The van der Waals surface area contributed by atoms with Crippen LogP contribution in [0.25, 0.3) is 18.2 Å². The Bertz CT molecular complexity index is 1950. The molecule has 0 spiro atoms. The van der Waals surface area contributed by atoms with Gasteiger partial charge >= 0.3 is 0 Å². The van der Waals surface area contributed by atoms with Gasteiger partial charge in [-0.15, -0.1) is 0 Å². The molecule has 56 heavy (non-hydrogen) atoms. The first kappa shape index (κ1) is 48.5. The molecule has 3 nitrogen and oxygen atoms in total. The lowest BCUT2D eigenvalue weighted by Gasteiger charge is -2.41. The van der Waals surface area contributed by atoms with E-state index in [4.69, 9.17) is 13.3 Å². The van der Waals surface area contributed by atoms with Crippen molar-refractivity contribution in [2.45, 2.75) is 129 Å². The number of hydrogen-bond donors (Lipinski definition) is 0. The van der Waals surface area contributed by atoms with Crippen LogP contribution in [0.2, 0.25) is 54.4 Å². The second-order valence-electron chi connectivity index (χ2n) is 19.4. The van der Waals surface area contributed by atoms with Crippen LogP contribution in [0, 0.1) is 0 Å². The van der Waals surface area contributed by atoms with Crippen molar-refractivity contribution in [2.75, 3.05) is 0 Å². The highest BCUT2D eigenvalue weighted by atomic mass is 79.9. The molecule has 0 aromatic heterocycles. The zero-order chi connectivity index (χ0) is 42.6. The quantitative estimate of drug-likeness (QED) is 0.148. The molecule has 306 valence electrons. The minimum Gasteiger partial charge on any atom is -0.543 e. The van der Waals surface area contributed by atoms with Gasteiger partial charge in [-0.25, -0.2) is 0 Å². The maximum atomic E-state index is 7.33. The van der Waals surface area contributed by atoms with Crippen LogP contribution < -0.4 is 13.3 Å². The lowest BCUT2D eigenvalue weighted by molar-refractivity contribution is 0.479. The zero-order valence-electron chi connectivity index (χ0n) is 35.6. The molecule has 0 bridgehead atoms. The Morgan fingerprint density at radius 1 is 0.518 bits per heavy atom. The Kier molecular flexibility index (Phi) is 15.3. The molecule has 1 aliphatic rings. The summed E-state index contributed by atoms with van der Waals surface area (Å²) in [4.78, 5) is 0. The molecule has 0 saturated carbocycles. The van der Waals surface area contributed by atoms with E-state index in [2.05, 4.69) is 258 Å². The molecule has 12 heteroatoms. The van der Waals surface area contributed by atoms with Crippen molar-refractivity contribution in [3.05, 3.63) is 97.1 Å². The van der Waals surface area contributed by atoms with Crippen molar-refractivity contribution in [3.63, 3.8) is 0 Å². The second kappa shape index (κ2) is 17.7. The Labute approximate surface area is 391 Å². The number of fused-ring (bicyclic) bond motifs is 2. The molecule has 0 aliphatic heterocycles. The van der Waals surface area contributed by atoms with Gasteiger partial charge in [-0.05, 0) is 226 Å². The van der Waals surface area contributed by atoms with E-state index in [-0.39, 0.29) is 21.0 Å². The molecule has 0 N–H and O–H groups in total. The van der Waals surface area contributed by atoms with Gasteiger partial charge in [0.25, 0.3) is 0 Å². The van der Waals surface area contributed by atoms with Crippen molar-refractivity contribution in [3.8, 4) is 17.2 Å². The molecule has 0 heterocycles. The number of halogens is 6. The fourth-order valence-corrected chi connectivity index (χ4v) is 10.7. The molecule has 0 atom stereocenters. The SMILES string of the molecule is CC(C)(C)[Si](C)(C)Oc1ccc(C=C(Br)Br)c(C2c3c(C=C(Br)Br)ccc(O[Si](C)(C)C(C)(C)C)c3Cc3c(O[Si](C)(C)C(C)(C)C)ccc(C=C(Br)Br)c32)c1. The molecule has 0 saturated heterocycles. The van der Waals surface area contributed by atoms with Gasteiger partial charge in [0.15, 0.2) is 0 Å². The minimum atomic E-state index is -2.26. The largest absolute Gasteiger partial charge is 0.543 e. The molecule has 0 radical (unpaired) electrons. The third kappa shape index (κ3) is 11.0. The van der Waals surface area contributed by atoms with Crippen molar-refractivity contribution < 1.29 is 13.3 Å². The smallest absolute Gasteiger partial charge is 0.250 e. The van der Waals surface area contributed by atoms with Crippen molar-refractivity contribution in [1.82, 2.24) is 0 Å². The highest BCUT2D eigenvalue weighted by Gasteiger charge is 2.44. The third-order valence-electron chi connectivity index (χ3n) is 12.3. The first-order chi connectivity index (χ1) is 25.4. The zero-order valence-corrected chi connectivity index (χ0v) is 48.1. The van der Waals surface area contributed by atoms with Crippen LogP contribution in [0.4, 0.5) is 0 Å². The monoisotopic (exact) mass is 1190 g/mol. The second-order valence-corrected chi connectivity index (χ2v) is 41.9. The summed E-state index contributed by atoms with van der Waals surface area (Å²) < 4.78 is 24.3. The van der Waals surface area contributed by atoms with Crippen LogP contribution in [-0.4, -0.2) is 25.0 Å². The highest BCUT2D eigenvalue weighted by Crippen LogP contribution is 2.54. The lowest BCUT2D eigenvalue weighted by Crippen LogP contribution is -2.44. The summed E-state index contributed by atoms with van der Waals surface area (Å²) in [7, 11) is -6.71. The molecule has 4 rings (SSSR count). The molecular weight excluding hydrogens is 1140 g/mol. The molecule has 0 unspecified atom stereocenters. The van der Waals surface area contributed by atoms with Gasteiger partial charge < -0.3 is 13.3 Å². The van der Waals surface area contributed by atoms with Crippen LogP contribution in [0.15, 0.2) is 52.6 Å². The first-order valence-electron chi connectivity index (χ1n) is 19.0. The van der Waals surface area contributed by atoms with E-state index in [0.717, 1.165) is 49.7 Å². The van der Waals surface area contributed by atoms with Crippen LogP contribution in [-0.2, 0) is 6.42 Å². The summed E-state index contributed by atoms with van der Waals surface area (Å²) in [6.45, 7) is 34.6. The van der Waals surface area contributed by atoms with E-state index < -0.39 is 25.0 Å². The van der Waals surface area contributed by atoms with E-state index in [0.29, 0.717) is 6.42 Å². The summed E-state index contributed by atoms with van der Waals surface area (Å²) in [5, 5.41) is 0.0476. The fraction of sp³-hybridized carbons (Fsp3) is 0.455. The fourth-order valence-electron chi connectivity index (χ4n) is 6.10. The van der Waals surface area contributed by atoms with Crippen molar-refractivity contribution in [2.24, 2.45) is 0 Å². The Morgan fingerprint density at radius 2 is 0.857 bits per heavy atom. The van der Waals surface area contributed by atoms with Crippen LogP contribution in [0.5, 0.6) is 17.2 Å². The van der Waals surface area contributed by atoms with Crippen molar-refractivity contribution in [1.29, 1.82) is 0 Å². The van der Waals surface area contributed by atoms with Gasteiger partial charge in [0.2, 0.25) is 25.0 Å².